The standard InChI is InChI=1S/C29H44NO2P/c1-21-12-13-25(22(16-21)19-30-14-10-9-11-15-30)33-26-18-23(28(2,3)4)17-24(29(5,6)7)27(26)32-20-31-8/h12-13,16-18,33H,9-11,14-15,19-20H2,1-8H3. The molecule has 3 rings (SSSR count). The van der Waals surface area contributed by atoms with Crippen molar-refractivity contribution in [1.29, 1.82) is 0 Å². The van der Waals surface area contributed by atoms with Gasteiger partial charge in [-0.2, -0.15) is 0 Å². The molecule has 1 aliphatic rings. The van der Waals surface area contributed by atoms with Crippen LogP contribution in [0.4, 0.5) is 0 Å². The molecule has 1 saturated heterocycles. The van der Waals surface area contributed by atoms with Crippen LogP contribution >= 0.6 is 8.58 Å². The van der Waals surface area contributed by atoms with E-state index >= 15 is 0 Å². The van der Waals surface area contributed by atoms with Gasteiger partial charge in [0.1, 0.15) is 5.75 Å². The van der Waals surface area contributed by atoms with Crippen molar-refractivity contribution in [3.63, 3.8) is 0 Å². The first-order chi connectivity index (χ1) is 15.5. The molecule has 0 N–H and O–H groups in total. The largest absolute Gasteiger partial charge is 0.467 e. The van der Waals surface area contributed by atoms with Gasteiger partial charge < -0.3 is 9.47 Å². The molecule has 0 saturated carbocycles. The fourth-order valence-corrected chi connectivity index (χ4v) is 5.78. The summed E-state index contributed by atoms with van der Waals surface area (Å²) in [6.45, 7) is 19.7. The van der Waals surface area contributed by atoms with Crippen molar-refractivity contribution in [2.45, 2.75) is 85.1 Å². The Morgan fingerprint density at radius 1 is 0.879 bits per heavy atom. The number of ether oxygens (including phenoxy) is 2. The summed E-state index contributed by atoms with van der Waals surface area (Å²) in [5.41, 5.74) is 5.48. The second-order valence-corrected chi connectivity index (χ2v) is 12.9. The Morgan fingerprint density at radius 3 is 2.18 bits per heavy atom. The molecule has 1 aliphatic heterocycles. The highest BCUT2D eigenvalue weighted by Crippen LogP contribution is 2.37. The molecule has 1 atom stereocenters. The summed E-state index contributed by atoms with van der Waals surface area (Å²) in [6, 6.07) is 11.7. The van der Waals surface area contributed by atoms with Gasteiger partial charge in [0.05, 0.1) is 0 Å². The molecule has 3 nitrogen and oxygen atoms in total. The van der Waals surface area contributed by atoms with Gasteiger partial charge in [-0.15, -0.1) is 0 Å². The van der Waals surface area contributed by atoms with E-state index in [-0.39, 0.29) is 17.6 Å². The zero-order valence-corrected chi connectivity index (χ0v) is 23.1. The summed E-state index contributed by atoms with van der Waals surface area (Å²) in [7, 11) is 2.24. The third kappa shape index (κ3) is 7.04. The maximum atomic E-state index is 6.27. The molecule has 0 bridgehead atoms. The smallest absolute Gasteiger partial charge is 0.188 e. The fourth-order valence-electron chi connectivity index (χ4n) is 4.46. The topological polar surface area (TPSA) is 21.7 Å². The van der Waals surface area contributed by atoms with E-state index in [1.807, 2.05) is 0 Å². The van der Waals surface area contributed by atoms with Crippen LogP contribution < -0.4 is 15.3 Å². The SMILES string of the molecule is COCOc1c(Pc2ccc(C)cc2CN2CCCCC2)cc(C(C)(C)C)cc1C(C)(C)C. The number of rotatable bonds is 7. The average molecular weight is 470 g/mol. The molecular formula is C29H44NO2P. The van der Waals surface area contributed by atoms with E-state index in [4.69, 9.17) is 9.47 Å². The maximum Gasteiger partial charge on any atom is 0.188 e. The summed E-state index contributed by atoms with van der Waals surface area (Å²) in [5, 5.41) is 2.72. The third-order valence-electron chi connectivity index (χ3n) is 6.46. The molecule has 1 heterocycles. The van der Waals surface area contributed by atoms with Crippen LogP contribution in [-0.2, 0) is 22.1 Å². The maximum absolute atomic E-state index is 6.27. The van der Waals surface area contributed by atoms with Gasteiger partial charge in [-0.1, -0.05) is 86.4 Å². The fraction of sp³-hybridized carbons (Fsp3) is 0.586. The van der Waals surface area contributed by atoms with Crippen molar-refractivity contribution in [1.82, 2.24) is 4.90 Å². The number of nitrogens with zero attached hydrogens (tertiary/aromatic N) is 1. The zero-order chi connectivity index (χ0) is 24.2. The summed E-state index contributed by atoms with van der Waals surface area (Å²) in [6.07, 6.45) is 4.01. The number of methoxy groups -OCH3 is 1. The molecule has 4 heteroatoms. The van der Waals surface area contributed by atoms with Crippen LogP contribution in [0.1, 0.15) is 83.1 Å². The van der Waals surface area contributed by atoms with Crippen LogP contribution in [0.2, 0.25) is 0 Å². The average Bonchev–Trinajstić information content (AvgIpc) is 2.73. The molecule has 0 spiro atoms. The summed E-state index contributed by atoms with van der Waals surface area (Å²) in [4.78, 5) is 2.63. The van der Waals surface area contributed by atoms with Crippen LogP contribution in [0.3, 0.4) is 0 Å². The molecule has 0 radical (unpaired) electrons. The van der Waals surface area contributed by atoms with Crippen molar-refractivity contribution in [2.75, 3.05) is 27.0 Å². The highest BCUT2D eigenvalue weighted by Gasteiger charge is 2.27. The second-order valence-electron chi connectivity index (χ2n) is 11.6. The molecule has 2 aromatic carbocycles. The predicted octanol–water partition coefficient (Wildman–Crippen LogP) is 6.19. The second kappa shape index (κ2) is 10.9. The Hall–Kier alpha value is -1.41. The first kappa shape index (κ1) is 26.2. The van der Waals surface area contributed by atoms with Crippen molar-refractivity contribution in [2.24, 2.45) is 0 Å². The van der Waals surface area contributed by atoms with Crippen molar-refractivity contribution < 1.29 is 9.47 Å². The van der Waals surface area contributed by atoms with Crippen LogP contribution in [0.15, 0.2) is 30.3 Å². The lowest BCUT2D eigenvalue weighted by atomic mass is 9.80. The van der Waals surface area contributed by atoms with Crippen molar-refractivity contribution in [3.05, 3.63) is 52.6 Å². The first-order valence-corrected chi connectivity index (χ1v) is 13.4. The minimum atomic E-state index is -0.0204. The van der Waals surface area contributed by atoms with Gasteiger partial charge in [-0.3, -0.25) is 4.90 Å². The molecular weight excluding hydrogens is 425 g/mol. The van der Waals surface area contributed by atoms with E-state index in [1.54, 1.807) is 7.11 Å². The minimum absolute atomic E-state index is 0.0204. The number of aryl methyl sites for hydroxylation is 1. The highest BCUT2D eigenvalue weighted by atomic mass is 31.1. The van der Waals surface area contributed by atoms with E-state index in [0.717, 1.165) is 12.3 Å². The Labute approximate surface area is 204 Å². The number of piperidine rings is 1. The van der Waals surface area contributed by atoms with E-state index in [0.29, 0.717) is 8.58 Å². The molecule has 33 heavy (non-hydrogen) atoms. The summed E-state index contributed by atoms with van der Waals surface area (Å²) >= 11 is 0. The lowest BCUT2D eigenvalue weighted by Gasteiger charge is -2.30. The van der Waals surface area contributed by atoms with E-state index in [1.165, 1.54) is 65.2 Å². The minimum Gasteiger partial charge on any atom is -0.467 e. The van der Waals surface area contributed by atoms with Crippen LogP contribution in [-0.4, -0.2) is 31.9 Å². The number of hydrogen-bond acceptors (Lipinski definition) is 3. The quantitative estimate of drug-likeness (QED) is 0.357. The van der Waals surface area contributed by atoms with Crippen LogP contribution in [0.5, 0.6) is 5.75 Å². The molecule has 0 aliphatic carbocycles. The number of likely N-dealkylation sites (tertiary alicyclic amines) is 1. The summed E-state index contributed by atoms with van der Waals surface area (Å²) in [5.74, 6) is 1.00. The normalized spacial score (nSPS) is 16.0. The Kier molecular flexibility index (Phi) is 8.65. The number of benzene rings is 2. The molecule has 0 amide bonds. The van der Waals surface area contributed by atoms with E-state index in [2.05, 4.69) is 83.7 Å². The molecule has 0 aromatic heterocycles. The lowest BCUT2D eigenvalue weighted by molar-refractivity contribution is 0.0506. The Morgan fingerprint density at radius 2 is 1.58 bits per heavy atom. The van der Waals surface area contributed by atoms with Crippen LogP contribution in [0, 0.1) is 6.92 Å². The molecule has 1 unspecified atom stereocenters. The van der Waals surface area contributed by atoms with Gasteiger partial charge in [0.25, 0.3) is 0 Å². The highest BCUT2D eigenvalue weighted by molar-refractivity contribution is 7.55. The molecule has 182 valence electrons. The zero-order valence-electron chi connectivity index (χ0n) is 22.1. The van der Waals surface area contributed by atoms with Gasteiger partial charge in [0, 0.05) is 24.5 Å². The lowest BCUT2D eigenvalue weighted by Crippen LogP contribution is -2.31. The van der Waals surface area contributed by atoms with Gasteiger partial charge >= 0.3 is 0 Å². The van der Waals surface area contributed by atoms with Gasteiger partial charge in [0.15, 0.2) is 6.79 Å². The van der Waals surface area contributed by atoms with Gasteiger partial charge in [0.2, 0.25) is 0 Å². The molecule has 1 fully saturated rings. The summed E-state index contributed by atoms with van der Waals surface area (Å²) < 4.78 is 11.6. The first-order valence-electron chi connectivity index (χ1n) is 12.4. The predicted molar refractivity (Wildman–Crippen MR) is 144 cm³/mol. The number of hydrogen-bond donors (Lipinski definition) is 0. The Balaban J connectivity index is 2.08. The third-order valence-corrected chi connectivity index (χ3v) is 7.85. The van der Waals surface area contributed by atoms with E-state index in [9.17, 15) is 0 Å². The molecule has 2 aromatic rings. The van der Waals surface area contributed by atoms with Gasteiger partial charge in [-0.05, 0) is 66.2 Å². The Bertz CT molecular complexity index is 934. The van der Waals surface area contributed by atoms with Crippen molar-refractivity contribution >= 4 is 19.2 Å². The van der Waals surface area contributed by atoms with Gasteiger partial charge in [-0.25, -0.2) is 0 Å². The van der Waals surface area contributed by atoms with Crippen molar-refractivity contribution in [3.8, 4) is 5.75 Å². The monoisotopic (exact) mass is 469 g/mol. The van der Waals surface area contributed by atoms with E-state index < -0.39 is 0 Å². The van der Waals surface area contributed by atoms with Crippen LogP contribution in [0.25, 0.3) is 0 Å².